The SMILES string of the molecule is O=C(NCc1ccccc1)c1ccccc1NC(=O)[C@H]1CCCN(S(=O)(=O)c2ccc(F)cc2)C1. The Labute approximate surface area is 204 Å². The van der Waals surface area contributed by atoms with Crippen molar-refractivity contribution in [1.82, 2.24) is 9.62 Å². The van der Waals surface area contributed by atoms with Gasteiger partial charge in [-0.3, -0.25) is 9.59 Å². The van der Waals surface area contributed by atoms with E-state index in [1.165, 1.54) is 16.4 Å². The van der Waals surface area contributed by atoms with Crippen LogP contribution in [0.3, 0.4) is 0 Å². The second kappa shape index (κ2) is 10.8. The van der Waals surface area contributed by atoms with Crippen molar-refractivity contribution >= 4 is 27.5 Å². The summed E-state index contributed by atoms with van der Waals surface area (Å²) in [5.74, 6) is -1.79. The molecule has 1 saturated heterocycles. The first-order valence-electron chi connectivity index (χ1n) is 11.3. The number of nitrogens with zero attached hydrogens (tertiary/aromatic N) is 1. The Balaban J connectivity index is 1.43. The van der Waals surface area contributed by atoms with Crippen molar-refractivity contribution < 1.29 is 22.4 Å². The minimum Gasteiger partial charge on any atom is -0.348 e. The minimum atomic E-state index is -3.85. The lowest BCUT2D eigenvalue weighted by molar-refractivity contribution is -0.120. The number of hydrogen-bond donors (Lipinski definition) is 2. The van der Waals surface area contributed by atoms with Gasteiger partial charge in [-0.1, -0.05) is 42.5 Å². The van der Waals surface area contributed by atoms with Crippen LogP contribution in [0.15, 0.2) is 83.8 Å². The van der Waals surface area contributed by atoms with Crippen LogP contribution in [0.5, 0.6) is 0 Å². The second-order valence-electron chi connectivity index (χ2n) is 8.36. The number of sulfonamides is 1. The van der Waals surface area contributed by atoms with Crippen LogP contribution in [0, 0.1) is 11.7 Å². The molecule has 2 N–H and O–H groups in total. The number of carbonyl (C=O) groups excluding carboxylic acids is 2. The molecule has 1 atom stereocenters. The van der Waals surface area contributed by atoms with Gasteiger partial charge in [0.1, 0.15) is 5.82 Å². The lowest BCUT2D eigenvalue weighted by Gasteiger charge is -2.31. The van der Waals surface area contributed by atoms with E-state index in [1.54, 1.807) is 24.3 Å². The normalized spacial score (nSPS) is 16.4. The number of piperidine rings is 1. The largest absolute Gasteiger partial charge is 0.348 e. The predicted molar refractivity (Wildman–Crippen MR) is 131 cm³/mol. The quantitative estimate of drug-likeness (QED) is 0.521. The number of para-hydroxylation sites is 1. The maximum atomic E-state index is 13.2. The van der Waals surface area contributed by atoms with Crippen molar-refractivity contribution in [2.75, 3.05) is 18.4 Å². The summed E-state index contributed by atoms with van der Waals surface area (Å²) in [6.45, 7) is 0.636. The van der Waals surface area contributed by atoms with Gasteiger partial charge in [0.05, 0.1) is 22.1 Å². The molecule has 1 heterocycles. The molecular weight excluding hydrogens is 469 g/mol. The van der Waals surface area contributed by atoms with Crippen molar-refractivity contribution in [2.45, 2.75) is 24.3 Å². The van der Waals surface area contributed by atoms with Crippen molar-refractivity contribution in [1.29, 1.82) is 0 Å². The van der Waals surface area contributed by atoms with Crippen LogP contribution >= 0.6 is 0 Å². The zero-order valence-electron chi connectivity index (χ0n) is 19.0. The van der Waals surface area contributed by atoms with E-state index in [-0.39, 0.29) is 29.8 Å². The van der Waals surface area contributed by atoms with Crippen LogP contribution in [0.2, 0.25) is 0 Å². The van der Waals surface area contributed by atoms with E-state index in [9.17, 15) is 22.4 Å². The van der Waals surface area contributed by atoms with E-state index < -0.39 is 21.8 Å². The number of anilines is 1. The van der Waals surface area contributed by atoms with E-state index in [0.29, 0.717) is 30.6 Å². The Morgan fingerprint density at radius 1 is 0.943 bits per heavy atom. The number of hydrogen-bond acceptors (Lipinski definition) is 4. The molecule has 1 aliphatic rings. The average molecular weight is 496 g/mol. The maximum Gasteiger partial charge on any atom is 0.253 e. The molecule has 0 unspecified atom stereocenters. The van der Waals surface area contributed by atoms with Crippen LogP contribution in [-0.2, 0) is 21.4 Å². The number of nitrogens with one attached hydrogen (secondary N) is 2. The van der Waals surface area contributed by atoms with Gasteiger partial charge in [0.15, 0.2) is 0 Å². The number of halogens is 1. The third-order valence-corrected chi connectivity index (χ3v) is 7.81. The average Bonchev–Trinajstić information content (AvgIpc) is 2.88. The molecule has 182 valence electrons. The van der Waals surface area contributed by atoms with Gasteiger partial charge in [0.2, 0.25) is 15.9 Å². The van der Waals surface area contributed by atoms with E-state index in [4.69, 9.17) is 0 Å². The molecule has 4 rings (SSSR count). The van der Waals surface area contributed by atoms with Gasteiger partial charge in [-0.2, -0.15) is 4.31 Å². The monoisotopic (exact) mass is 495 g/mol. The van der Waals surface area contributed by atoms with E-state index >= 15 is 0 Å². The standard InChI is InChI=1S/C26H26FN3O4S/c27-21-12-14-22(15-13-21)35(33,34)30-16-6-9-20(18-30)25(31)29-24-11-5-4-10-23(24)26(32)28-17-19-7-2-1-3-8-19/h1-5,7-8,10-15,20H,6,9,16-18H2,(H,28,32)(H,29,31)/t20-/m0/s1. The Morgan fingerprint density at radius 3 is 2.37 bits per heavy atom. The number of benzene rings is 3. The summed E-state index contributed by atoms with van der Waals surface area (Å²) in [6.07, 6.45) is 1.03. The van der Waals surface area contributed by atoms with E-state index in [1.807, 2.05) is 30.3 Å². The van der Waals surface area contributed by atoms with Crippen LogP contribution in [-0.4, -0.2) is 37.6 Å². The van der Waals surface area contributed by atoms with Gasteiger partial charge in [-0.05, 0) is 54.8 Å². The Bertz CT molecular complexity index is 1300. The maximum absolute atomic E-state index is 13.2. The van der Waals surface area contributed by atoms with Crippen molar-refractivity contribution in [3.05, 3.63) is 95.8 Å². The van der Waals surface area contributed by atoms with Crippen molar-refractivity contribution in [3.8, 4) is 0 Å². The summed E-state index contributed by atoms with van der Waals surface area (Å²) >= 11 is 0. The van der Waals surface area contributed by atoms with Gasteiger partial charge >= 0.3 is 0 Å². The summed E-state index contributed by atoms with van der Waals surface area (Å²) in [7, 11) is -3.85. The highest BCUT2D eigenvalue weighted by molar-refractivity contribution is 7.89. The molecule has 7 nitrogen and oxygen atoms in total. The molecular formula is C26H26FN3O4S. The van der Waals surface area contributed by atoms with Gasteiger partial charge in [0.25, 0.3) is 5.91 Å². The van der Waals surface area contributed by atoms with Gasteiger partial charge in [-0.15, -0.1) is 0 Å². The van der Waals surface area contributed by atoms with Gasteiger partial charge in [0, 0.05) is 19.6 Å². The second-order valence-corrected chi connectivity index (χ2v) is 10.3. The molecule has 0 aliphatic carbocycles. The summed E-state index contributed by atoms with van der Waals surface area (Å²) in [4.78, 5) is 25.8. The molecule has 35 heavy (non-hydrogen) atoms. The minimum absolute atomic E-state index is 0.00785. The van der Waals surface area contributed by atoms with Gasteiger partial charge < -0.3 is 10.6 Å². The molecule has 0 saturated carbocycles. The predicted octanol–water partition coefficient (Wildman–Crippen LogP) is 3.80. The molecule has 0 bridgehead atoms. The molecule has 0 aromatic heterocycles. The number of rotatable bonds is 7. The molecule has 3 aromatic carbocycles. The topological polar surface area (TPSA) is 95.6 Å². The smallest absolute Gasteiger partial charge is 0.253 e. The summed E-state index contributed by atoms with van der Waals surface area (Å²) in [5.41, 5.74) is 1.64. The van der Waals surface area contributed by atoms with Crippen LogP contribution in [0.1, 0.15) is 28.8 Å². The molecule has 1 aliphatic heterocycles. The molecule has 0 radical (unpaired) electrons. The van der Waals surface area contributed by atoms with Crippen molar-refractivity contribution in [2.24, 2.45) is 5.92 Å². The van der Waals surface area contributed by atoms with Crippen molar-refractivity contribution in [3.63, 3.8) is 0 Å². The Morgan fingerprint density at radius 2 is 1.63 bits per heavy atom. The molecule has 3 aromatic rings. The highest BCUT2D eigenvalue weighted by Gasteiger charge is 2.33. The van der Waals surface area contributed by atoms with Crippen LogP contribution in [0.25, 0.3) is 0 Å². The van der Waals surface area contributed by atoms with Gasteiger partial charge in [-0.25, -0.2) is 12.8 Å². The first-order valence-corrected chi connectivity index (χ1v) is 12.8. The van der Waals surface area contributed by atoms with E-state index in [0.717, 1.165) is 17.7 Å². The van der Waals surface area contributed by atoms with Crippen LogP contribution in [0.4, 0.5) is 10.1 Å². The fourth-order valence-corrected chi connectivity index (χ4v) is 5.55. The highest BCUT2D eigenvalue weighted by atomic mass is 32.2. The number of carbonyl (C=O) groups is 2. The van der Waals surface area contributed by atoms with Crippen LogP contribution < -0.4 is 10.6 Å². The fraction of sp³-hybridized carbons (Fsp3) is 0.231. The summed E-state index contributed by atoms with van der Waals surface area (Å²) in [6, 6.07) is 20.8. The third kappa shape index (κ3) is 5.93. The molecule has 9 heteroatoms. The highest BCUT2D eigenvalue weighted by Crippen LogP contribution is 2.26. The lowest BCUT2D eigenvalue weighted by atomic mass is 9.98. The Kier molecular flexibility index (Phi) is 7.57. The fourth-order valence-electron chi connectivity index (χ4n) is 4.03. The summed E-state index contributed by atoms with van der Waals surface area (Å²) in [5, 5.41) is 5.66. The first-order chi connectivity index (χ1) is 16.8. The first kappa shape index (κ1) is 24.6. The Hall–Kier alpha value is -3.56. The third-order valence-electron chi connectivity index (χ3n) is 5.93. The number of amides is 2. The molecule has 0 spiro atoms. The molecule has 1 fully saturated rings. The molecule has 2 amide bonds. The zero-order valence-corrected chi connectivity index (χ0v) is 19.8. The lowest BCUT2D eigenvalue weighted by Crippen LogP contribution is -2.43. The van der Waals surface area contributed by atoms with E-state index in [2.05, 4.69) is 10.6 Å². The summed E-state index contributed by atoms with van der Waals surface area (Å²) < 4.78 is 40.4. The zero-order chi connectivity index (χ0) is 24.8.